The van der Waals surface area contributed by atoms with E-state index in [9.17, 15) is 34.3 Å². The number of carbonyl (C=O) groups is 1. The fraction of sp³-hybridized carbons (Fsp3) is 0.419. The molecule has 3 aromatic heterocycles. The van der Waals surface area contributed by atoms with Gasteiger partial charge >= 0.3 is 12.4 Å². The van der Waals surface area contributed by atoms with Crippen molar-refractivity contribution in [3.05, 3.63) is 97.8 Å². The summed E-state index contributed by atoms with van der Waals surface area (Å²) in [6.07, 6.45) is -3.06. The number of H-pyrrole nitrogens is 2. The zero-order valence-corrected chi connectivity index (χ0v) is 29.3. The van der Waals surface area contributed by atoms with Gasteiger partial charge in [0.25, 0.3) is 17.0 Å². The third kappa shape index (κ3) is 7.91. The number of benzene rings is 1. The maximum atomic E-state index is 12.8. The third-order valence-electron chi connectivity index (χ3n) is 8.73. The predicted octanol–water partition coefficient (Wildman–Crippen LogP) is -0.0599. The van der Waals surface area contributed by atoms with Gasteiger partial charge in [-0.3, -0.25) is 38.8 Å². The molecule has 1 amide bonds. The molecule has 8 atom stereocenters. The molecule has 1 aliphatic heterocycles. The minimum atomic E-state index is -4.17. The second-order valence-electron chi connectivity index (χ2n) is 12.0. The summed E-state index contributed by atoms with van der Waals surface area (Å²) in [7, 11) is 1.45. The van der Waals surface area contributed by atoms with Crippen LogP contribution in [0.15, 0.2) is 75.5 Å². The van der Waals surface area contributed by atoms with Crippen LogP contribution >= 0.6 is 6.72 Å². The molecule has 0 bridgehead atoms. The first kappa shape index (κ1) is 37.5. The SMILES string of the molecule is C=C1[C@H](COP(O)(=S)O[C@H]2[C@@H](OCCOC)[C@H](n3ccc(=O)[nH]c3=O)O[C@@H]2CO)[C@@H](O)C[C@@H]1n1cnc2c(=O)[nH]c(NC(=O)c3ccccc3)nc21. The number of amides is 1. The molecule has 4 heterocycles. The molecule has 4 aromatic rings. The number of anilines is 1. The second-order valence-corrected chi connectivity index (χ2v) is 14.8. The molecule has 21 heteroatoms. The molecular weight excluding hydrogens is 725 g/mol. The Morgan fingerprint density at radius 2 is 1.92 bits per heavy atom. The smallest absolute Gasteiger partial charge is 0.330 e. The first-order valence-electron chi connectivity index (χ1n) is 15.9. The minimum absolute atomic E-state index is 0.000815. The number of aromatic nitrogens is 6. The molecule has 6 rings (SSSR count). The van der Waals surface area contributed by atoms with E-state index in [1.165, 1.54) is 19.6 Å². The predicted molar refractivity (Wildman–Crippen MR) is 186 cm³/mol. The minimum Gasteiger partial charge on any atom is -0.394 e. The Labute approximate surface area is 299 Å². The van der Waals surface area contributed by atoms with Gasteiger partial charge < -0.3 is 38.4 Å². The van der Waals surface area contributed by atoms with Gasteiger partial charge in [-0.05, 0) is 35.9 Å². The summed E-state index contributed by atoms with van der Waals surface area (Å²) in [6, 6.07) is 8.86. The van der Waals surface area contributed by atoms with Gasteiger partial charge in [0.2, 0.25) is 5.95 Å². The second kappa shape index (κ2) is 15.8. The van der Waals surface area contributed by atoms with Crippen LogP contribution in [0.5, 0.6) is 0 Å². The molecule has 0 spiro atoms. The number of hydrogen-bond acceptors (Lipinski definition) is 14. The fourth-order valence-electron chi connectivity index (χ4n) is 6.17. The number of fused-ring (bicyclic) bond motifs is 1. The highest BCUT2D eigenvalue weighted by Crippen LogP contribution is 2.51. The Balaban J connectivity index is 1.17. The van der Waals surface area contributed by atoms with Gasteiger partial charge in [0.05, 0.1) is 44.9 Å². The molecule has 1 aromatic carbocycles. The number of nitrogens with zero attached hydrogens (tertiary/aromatic N) is 4. The van der Waals surface area contributed by atoms with Crippen molar-refractivity contribution in [2.45, 2.75) is 43.1 Å². The number of nitrogens with one attached hydrogen (secondary N) is 3. The van der Waals surface area contributed by atoms with Crippen molar-refractivity contribution in [1.29, 1.82) is 0 Å². The number of aliphatic hydroxyl groups is 2. The number of imidazole rings is 1. The van der Waals surface area contributed by atoms with E-state index in [2.05, 4.69) is 31.8 Å². The lowest BCUT2D eigenvalue weighted by atomic mass is 10.0. The molecule has 52 heavy (non-hydrogen) atoms. The van der Waals surface area contributed by atoms with Gasteiger partial charge in [-0.2, -0.15) is 4.98 Å². The lowest BCUT2D eigenvalue weighted by Crippen LogP contribution is -2.41. The van der Waals surface area contributed by atoms with Crippen molar-refractivity contribution in [2.75, 3.05) is 38.9 Å². The number of aromatic amines is 2. The average molecular weight is 762 g/mol. The zero-order chi connectivity index (χ0) is 37.2. The highest BCUT2D eigenvalue weighted by atomic mass is 32.5. The molecule has 2 aliphatic rings. The number of methoxy groups -OCH3 is 1. The van der Waals surface area contributed by atoms with E-state index in [1.54, 1.807) is 34.9 Å². The van der Waals surface area contributed by atoms with E-state index in [0.717, 1.165) is 10.6 Å². The summed E-state index contributed by atoms with van der Waals surface area (Å²) in [6.45, 7) is -0.823. The maximum Gasteiger partial charge on any atom is 0.330 e. The van der Waals surface area contributed by atoms with Gasteiger partial charge in [-0.25, -0.2) is 9.78 Å². The largest absolute Gasteiger partial charge is 0.394 e. The van der Waals surface area contributed by atoms with Crippen LogP contribution in [0.4, 0.5) is 5.95 Å². The van der Waals surface area contributed by atoms with Crippen LogP contribution in [0.3, 0.4) is 0 Å². The quantitative estimate of drug-likeness (QED) is 0.0559. The zero-order valence-electron chi connectivity index (χ0n) is 27.6. The summed E-state index contributed by atoms with van der Waals surface area (Å²) < 4.78 is 31.0. The Morgan fingerprint density at radius 3 is 2.63 bits per heavy atom. The maximum absolute atomic E-state index is 12.8. The van der Waals surface area contributed by atoms with Crippen molar-refractivity contribution in [2.24, 2.45) is 5.92 Å². The third-order valence-corrected chi connectivity index (χ3v) is 10.3. The van der Waals surface area contributed by atoms with Crippen molar-refractivity contribution in [3.63, 3.8) is 0 Å². The Hall–Kier alpha value is -4.21. The van der Waals surface area contributed by atoms with Crippen molar-refractivity contribution in [1.82, 2.24) is 29.1 Å². The lowest BCUT2D eigenvalue weighted by molar-refractivity contribution is -0.0814. The van der Waals surface area contributed by atoms with Gasteiger partial charge in [0, 0.05) is 30.9 Å². The van der Waals surface area contributed by atoms with Gasteiger partial charge in [-0.1, -0.05) is 24.8 Å². The van der Waals surface area contributed by atoms with Crippen LogP contribution in [0.1, 0.15) is 29.0 Å². The normalized spacial score (nSPS) is 25.8. The molecular formula is C31H36N7O12PS. The highest BCUT2D eigenvalue weighted by Gasteiger charge is 2.50. The van der Waals surface area contributed by atoms with Crippen molar-refractivity contribution >= 4 is 41.5 Å². The van der Waals surface area contributed by atoms with E-state index >= 15 is 0 Å². The molecule has 0 radical (unpaired) electrons. The molecule has 1 saturated carbocycles. The fourth-order valence-corrected chi connectivity index (χ4v) is 7.62. The summed E-state index contributed by atoms with van der Waals surface area (Å²) in [5, 5.41) is 23.8. The van der Waals surface area contributed by atoms with Crippen molar-refractivity contribution < 1.29 is 43.2 Å². The van der Waals surface area contributed by atoms with E-state index in [1.807, 2.05) is 0 Å². The molecule has 278 valence electrons. The van der Waals surface area contributed by atoms with Gasteiger partial charge in [0.1, 0.15) is 18.3 Å². The van der Waals surface area contributed by atoms with E-state index in [4.69, 9.17) is 35.1 Å². The van der Waals surface area contributed by atoms with Gasteiger partial charge in [0.15, 0.2) is 17.4 Å². The monoisotopic (exact) mass is 761 g/mol. The van der Waals surface area contributed by atoms with Crippen LogP contribution < -0.4 is 22.1 Å². The Morgan fingerprint density at radius 1 is 1.15 bits per heavy atom. The number of carbonyl (C=O) groups excluding carboxylic acids is 1. The highest BCUT2D eigenvalue weighted by molar-refractivity contribution is 8.07. The number of ether oxygens (including phenoxy) is 3. The van der Waals surface area contributed by atoms with Gasteiger partial charge in [-0.15, -0.1) is 0 Å². The van der Waals surface area contributed by atoms with Crippen molar-refractivity contribution in [3.8, 4) is 0 Å². The first-order chi connectivity index (χ1) is 24.9. The molecule has 1 unspecified atom stereocenters. The molecule has 6 N–H and O–H groups in total. The van der Waals surface area contributed by atoms with Crippen LogP contribution in [0.2, 0.25) is 0 Å². The van der Waals surface area contributed by atoms with Crippen LogP contribution in [-0.2, 0) is 35.1 Å². The first-order valence-corrected chi connectivity index (χ1v) is 18.5. The molecule has 2 fully saturated rings. The topological polar surface area (TPSA) is 254 Å². The van der Waals surface area contributed by atoms with Crippen LogP contribution in [0, 0.1) is 5.92 Å². The van der Waals surface area contributed by atoms with Crippen LogP contribution in [-0.4, -0.2) is 108 Å². The number of hydrogen-bond donors (Lipinski definition) is 6. The summed E-state index contributed by atoms with van der Waals surface area (Å²) >= 11 is 5.33. The lowest BCUT2D eigenvalue weighted by Gasteiger charge is -2.28. The number of rotatable bonds is 14. The summed E-state index contributed by atoms with van der Waals surface area (Å²) in [4.78, 5) is 74.2. The van der Waals surface area contributed by atoms with Crippen LogP contribution in [0.25, 0.3) is 11.2 Å². The Kier molecular flexibility index (Phi) is 11.4. The molecule has 1 aliphatic carbocycles. The van der Waals surface area contributed by atoms with E-state index in [-0.39, 0.29) is 43.4 Å². The Bertz CT molecular complexity index is 2160. The average Bonchev–Trinajstić information content (AvgIpc) is 3.77. The van der Waals surface area contributed by atoms with E-state index in [0.29, 0.717) is 11.1 Å². The standard InChI is InChI=1S/C31H36N7O12PS/c1-16-18(20(40)12-19(16)38-15-32-23-26(38)34-30(36-28(23)43)35-27(42)17-6-4-3-5-7-17)14-48-51(45,52)50-24-21(13-39)49-29(25(24)47-11-10-46-2)37-9-8-22(41)33-31(37)44/h3-9,15,18-21,24-25,29,39-40H,1,10-14H2,2H3,(H,45,52)(H,33,41,44)(H2,34,35,36,42,43)/t18-,19-,20-,21+,24+,25+,29+,51?/m0/s1. The van der Waals surface area contributed by atoms with E-state index < -0.39 is 78.6 Å². The molecule has 19 nitrogen and oxygen atoms in total. The number of aliphatic hydroxyl groups excluding tert-OH is 2. The molecule has 1 saturated heterocycles. The summed E-state index contributed by atoms with van der Waals surface area (Å²) in [5.41, 5.74) is -1.10. The summed E-state index contributed by atoms with van der Waals surface area (Å²) in [5.74, 6) is -1.36.